The van der Waals surface area contributed by atoms with E-state index in [2.05, 4.69) is 132 Å². The summed E-state index contributed by atoms with van der Waals surface area (Å²) in [6.45, 7) is 0. The Morgan fingerprint density at radius 3 is 1.73 bits per heavy atom. The van der Waals surface area contributed by atoms with Crippen LogP contribution in [-0.4, -0.2) is 14.5 Å². The van der Waals surface area contributed by atoms with Crippen LogP contribution in [0.15, 0.2) is 140 Å². The van der Waals surface area contributed by atoms with Gasteiger partial charge in [0, 0.05) is 31.5 Å². The van der Waals surface area contributed by atoms with Crippen molar-refractivity contribution in [3.8, 4) is 38.9 Å². The molecule has 0 aliphatic rings. The quantitative estimate of drug-likeness (QED) is 0.227. The molecule has 5 aromatic carbocycles. The summed E-state index contributed by atoms with van der Waals surface area (Å²) in [6, 6.07) is 48.8. The van der Waals surface area contributed by atoms with Crippen LogP contribution in [0.3, 0.4) is 0 Å². The van der Waals surface area contributed by atoms with Gasteiger partial charge in [-0.1, -0.05) is 115 Å². The summed E-state index contributed by atoms with van der Waals surface area (Å²) in [4.78, 5) is 11.6. The van der Waals surface area contributed by atoms with Crippen molar-refractivity contribution in [3.63, 3.8) is 0 Å². The Labute approximate surface area is 235 Å². The number of rotatable bonds is 4. The predicted octanol–water partition coefficient (Wildman–Crippen LogP) is 9.79. The molecule has 3 heterocycles. The molecular formula is C36H23N3S. The van der Waals surface area contributed by atoms with Gasteiger partial charge in [-0.3, -0.25) is 4.57 Å². The molecule has 3 nitrogen and oxygen atoms in total. The lowest BCUT2D eigenvalue weighted by Gasteiger charge is -2.11. The number of thiophene rings is 1. The topological polar surface area (TPSA) is 30.7 Å². The Morgan fingerprint density at radius 2 is 1.07 bits per heavy atom. The molecule has 8 aromatic rings. The van der Waals surface area contributed by atoms with E-state index >= 15 is 0 Å². The highest BCUT2D eigenvalue weighted by molar-refractivity contribution is 7.23. The maximum atomic E-state index is 5.16. The second-order valence-electron chi connectivity index (χ2n) is 9.88. The first-order valence-corrected chi connectivity index (χ1v) is 14.2. The van der Waals surface area contributed by atoms with Crippen LogP contribution in [0.5, 0.6) is 0 Å². The van der Waals surface area contributed by atoms with Gasteiger partial charge in [-0.2, -0.15) is 0 Å². The van der Waals surface area contributed by atoms with Gasteiger partial charge in [0.05, 0.1) is 22.4 Å². The Hall–Kier alpha value is -5.06. The van der Waals surface area contributed by atoms with Gasteiger partial charge >= 0.3 is 0 Å². The van der Waals surface area contributed by atoms with Crippen molar-refractivity contribution in [1.82, 2.24) is 14.5 Å². The van der Waals surface area contributed by atoms with E-state index in [1.165, 1.54) is 31.3 Å². The van der Waals surface area contributed by atoms with Gasteiger partial charge < -0.3 is 0 Å². The molecule has 0 fully saturated rings. The minimum absolute atomic E-state index is 0.672. The molecule has 0 saturated carbocycles. The summed E-state index contributed by atoms with van der Waals surface area (Å²) in [5, 5.41) is 3.71. The van der Waals surface area contributed by atoms with Crippen LogP contribution in [0.25, 0.3) is 70.8 Å². The average Bonchev–Trinajstić information content (AvgIpc) is 3.62. The second kappa shape index (κ2) is 9.30. The molecule has 188 valence electrons. The smallest absolute Gasteiger partial charge is 0.235 e. The summed E-state index contributed by atoms with van der Waals surface area (Å²) in [7, 11) is 0. The summed E-state index contributed by atoms with van der Waals surface area (Å²) >= 11 is 1.85. The molecule has 0 amide bonds. The first-order valence-electron chi connectivity index (χ1n) is 13.3. The van der Waals surface area contributed by atoms with E-state index in [1.54, 1.807) is 0 Å². The Kier molecular flexibility index (Phi) is 5.32. The molecule has 0 N–H and O–H groups in total. The molecule has 4 heteroatoms. The summed E-state index contributed by atoms with van der Waals surface area (Å²) < 4.78 is 3.51. The third-order valence-electron chi connectivity index (χ3n) is 7.43. The van der Waals surface area contributed by atoms with E-state index in [1.807, 2.05) is 23.5 Å². The predicted molar refractivity (Wildman–Crippen MR) is 168 cm³/mol. The lowest BCUT2D eigenvalue weighted by molar-refractivity contribution is 0.996. The standard InChI is InChI=1S/C36H23N3S/c1-4-12-24(13-5-1)29-23-30(25-14-6-2-7-15-25)38-36(37-29)39-31-19-11-10-18-28(31)34-32(39)21-20-27-22-33(40-35(27)34)26-16-8-3-9-17-26/h1-23H. The van der Waals surface area contributed by atoms with Crippen LogP contribution >= 0.6 is 11.3 Å². The van der Waals surface area contributed by atoms with E-state index in [4.69, 9.17) is 9.97 Å². The van der Waals surface area contributed by atoms with Crippen molar-refractivity contribution in [3.05, 3.63) is 140 Å². The van der Waals surface area contributed by atoms with E-state index in [9.17, 15) is 0 Å². The van der Waals surface area contributed by atoms with Gasteiger partial charge in [-0.15, -0.1) is 11.3 Å². The Balaban J connectivity index is 1.43. The molecule has 0 spiro atoms. The fraction of sp³-hybridized carbons (Fsp3) is 0. The van der Waals surface area contributed by atoms with Crippen molar-refractivity contribution in [2.45, 2.75) is 0 Å². The molecule has 0 saturated heterocycles. The van der Waals surface area contributed by atoms with Crippen molar-refractivity contribution in [1.29, 1.82) is 0 Å². The van der Waals surface area contributed by atoms with E-state index < -0.39 is 0 Å². The fourth-order valence-electron chi connectivity index (χ4n) is 5.56. The Bertz CT molecular complexity index is 2090. The number of nitrogens with zero attached hydrogens (tertiary/aromatic N) is 3. The fourth-order valence-corrected chi connectivity index (χ4v) is 6.78. The van der Waals surface area contributed by atoms with Gasteiger partial charge in [-0.25, -0.2) is 9.97 Å². The Morgan fingerprint density at radius 1 is 0.500 bits per heavy atom. The zero-order valence-electron chi connectivity index (χ0n) is 21.5. The van der Waals surface area contributed by atoms with Crippen molar-refractivity contribution >= 4 is 43.2 Å². The number of aromatic nitrogens is 3. The molecule has 8 rings (SSSR count). The van der Waals surface area contributed by atoms with E-state index in [0.29, 0.717) is 5.95 Å². The SMILES string of the molecule is c1ccc(-c2cc(-c3ccccc3)nc(-n3c4ccccc4c4c5sc(-c6ccccc6)cc5ccc43)n2)cc1. The summed E-state index contributed by atoms with van der Waals surface area (Å²) in [5.41, 5.74) is 7.39. The molecule has 0 unspecified atom stereocenters. The van der Waals surface area contributed by atoms with Crippen molar-refractivity contribution < 1.29 is 0 Å². The zero-order chi connectivity index (χ0) is 26.5. The molecule has 0 bridgehead atoms. The van der Waals surface area contributed by atoms with E-state index in [-0.39, 0.29) is 0 Å². The monoisotopic (exact) mass is 529 g/mol. The van der Waals surface area contributed by atoms with Gasteiger partial charge in [0.15, 0.2) is 0 Å². The minimum Gasteiger partial charge on any atom is -0.278 e. The lowest BCUT2D eigenvalue weighted by atomic mass is 10.1. The maximum Gasteiger partial charge on any atom is 0.235 e. The van der Waals surface area contributed by atoms with Crippen molar-refractivity contribution in [2.24, 2.45) is 0 Å². The third-order valence-corrected chi connectivity index (χ3v) is 8.65. The van der Waals surface area contributed by atoms with Gasteiger partial charge in [0.1, 0.15) is 0 Å². The number of benzene rings is 5. The highest BCUT2D eigenvalue weighted by Crippen LogP contribution is 2.42. The molecule has 0 aliphatic carbocycles. The first kappa shape index (κ1) is 22.9. The molecule has 40 heavy (non-hydrogen) atoms. The highest BCUT2D eigenvalue weighted by Gasteiger charge is 2.19. The number of hydrogen-bond donors (Lipinski definition) is 0. The summed E-state index contributed by atoms with van der Waals surface area (Å²) in [5.74, 6) is 0.672. The highest BCUT2D eigenvalue weighted by atomic mass is 32.1. The molecule has 3 aromatic heterocycles. The van der Waals surface area contributed by atoms with Crippen LogP contribution in [0.1, 0.15) is 0 Å². The zero-order valence-corrected chi connectivity index (χ0v) is 22.3. The number of hydrogen-bond acceptors (Lipinski definition) is 3. The van der Waals surface area contributed by atoms with Gasteiger partial charge in [-0.05, 0) is 35.2 Å². The molecule has 0 aliphatic heterocycles. The lowest BCUT2D eigenvalue weighted by Crippen LogP contribution is -2.03. The second-order valence-corrected chi connectivity index (χ2v) is 10.9. The van der Waals surface area contributed by atoms with Crippen LogP contribution in [0, 0.1) is 0 Å². The molecular weight excluding hydrogens is 506 g/mol. The minimum atomic E-state index is 0.672. The summed E-state index contributed by atoms with van der Waals surface area (Å²) in [6.07, 6.45) is 0. The average molecular weight is 530 g/mol. The number of para-hydroxylation sites is 1. The largest absolute Gasteiger partial charge is 0.278 e. The van der Waals surface area contributed by atoms with E-state index in [0.717, 1.165) is 33.5 Å². The van der Waals surface area contributed by atoms with Gasteiger partial charge in [0.25, 0.3) is 0 Å². The van der Waals surface area contributed by atoms with Crippen molar-refractivity contribution in [2.75, 3.05) is 0 Å². The molecule has 0 radical (unpaired) electrons. The van der Waals surface area contributed by atoms with Crippen LogP contribution in [-0.2, 0) is 0 Å². The maximum absolute atomic E-state index is 5.16. The normalized spacial score (nSPS) is 11.5. The molecule has 0 atom stereocenters. The third kappa shape index (κ3) is 3.73. The van der Waals surface area contributed by atoms with Crippen LogP contribution in [0.4, 0.5) is 0 Å². The first-order chi connectivity index (χ1) is 19.8. The van der Waals surface area contributed by atoms with Crippen LogP contribution < -0.4 is 0 Å². The van der Waals surface area contributed by atoms with Crippen LogP contribution in [0.2, 0.25) is 0 Å². The van der Waals surface area contributed by atoms with Gasteiger partial charge in [0.2, 0.25) is 5.95 Å². The number of fused-ring (bicyclic) bond motifs is 5.